The molecule has 0 saturated carbocycles. The van der Waals surface area contributed by atoms with Crippen molar-refractivity contribution in [3.05, 3.63) is 41.5 Å². The number of carboxylic acid groups (broad SMARTS) is 1. The van der Waals surface area contributed by atoms with Gasteiger partial charge in [0.05, 0.1) is 0 Å². The first kappa shape index (κ1) is 16.0. The third kappa shape index (κ3) is 4.23. The van der Waals surface area contributed by atoms with Gasteiger partial charge in [-0.1, -0.05) is 26.0 Å². The van der Waals surface area contributed by atoms with Crippen LogP contribution >= 0.6 is 0 Å². The van der Waals surface area contributed by atoms with Gasteiger partial charge in [-0.3, -0.25) is 4.79 Å². The summed E-state index contributed by atoms with van der Waals surface area (Å²) in [6.45, 7) is 6.15. The third-order valence-electron chi connectivity index (χ3n) is 3.45. The topological polar surface area (TPSA) is 57.6 Å². The van der Waals surface area contributed by atoms with Crippen molar-refractivity contribution in [2.24, 2.45) is 5.92 Å². The van der Waals surface area contributed by atoms with Gasteiger partial charge in [-0.25, -0.2) is 4.79 Å². The van der Waals surface area contributed by atoms with Crippen LogP contribution in [0, 0.1) is 5.92 Å². The maximum Gasteiger partial charge on any atom is 0.328 e. The molecule has 1 N–H and O–H groups in total. The zero-order chi connectivity index (χ0) is 15.3. The van der Waals surface area contributed by atoms with Gasteiger partial charge in [-0.05, 0) is 36.6 Å². The van der Waals surface area contributed by atoms with Crippen LogP contribution in [0.15, 0.2) is 30.3 Å². The van der Waals surface area contributed by atoms with Crippen molar-refractivity contribution in [2.75, 3.05) is 7.05 Å². The molecule has 1 aromatic rings. The van der Waals surface area contributed by atoms with Gasteiger partial charge >= 0.3 is 5.97 Å². The molecule has 4 nitrogen and oxygen atoms in total. The molecular formula is C16H21NO3. The van der Waals surface area contributed by atoms with Crippen molar-refractivity contribution in [3.63, 3.8) is 0 Å². The lowest BCUT2D eigenvalue weighted by molar-refractivity contribution is -0.131. The first-order chi connectivity index (χ1) is 9.32. The summed E-state index contributed by atoms with van der Waals surface area (Å²) in [5, 5.41) is 8.61. The van der Waals surface area contributed by atoms with E-state index in [-0.39, 0.29) is 11.9 Å². The van der Waals surface area contributed by atoms with Crippen LogP contribution < -0.4 is 0 Å². The number of nitrogens with zero attached hydrogens (tertiary/aromatic N) is 1. The quantitative estimate of drug-likeness (QED) is 0.841. The van der Waals surface area contributed by atoms with Crippen LogP contribution in [-0.2, 0) is 4.79 Å². The second-order valence-electron chi connectivity index (χ2n) is 5.20. The van der Waals surface area contributed by atoms with Gasteiger partial charge < -0.3 is 10.0 Å². The summed E-state index contributed by atoms with van der Waals surface area (Å²) in [5.74, 6) is -0.692. The zero-order valence-corrected chi connectivity index (χ0v) is 12.3. The minimum absolute atomic E-state index is 0.0585. The lowest BCUT2D eigenvalue weighted by Crippen LogP contribution is -2.38. The second-order valence-corrected chi connectivity index (χ2v) is 5.20. The van der Waals surface area contributed by atoms with Gasteiger partial charge in [-0.15, -0.1) is 0 Å². The summed E-state index contributed by atoms with van der Waals surface area (Å²) >= 11 is 0. The van der Waals surface area contributed by atoms with Crippen LogP contribution in [0.2, 0.25) is 0 Å². The second kappa shape index (κ2) is 6.89. The average Bonchev–Trinajstić information content (AvgIpc) is 2.42. The molecule has 0 aliphatic heterocycles. The highest BCUT2D eigenvalue weighted by Gasteiger charge is 2.19. The van der Waals surface area contributed by atoms with Gasteiger partial charge in [0.25, 0.3) is 5.91 Å². The molecule has 4 heteroatoms. The van der Waals surface area contributed by atoms with Gasteiger partial charge in [0.1, 0.15) is 0 Å². The number of hydrogen-bond donors (Lipinski definition) is 1. The number of benzene rings is 1. The summed E-state index contributed by atoms with van der Waals surface area (Å²) in [6, 6.07) is 7.10. The summed E-state index contributed by atoms with van der Waals surface area (Å²) < 4.78 is 0. The minimum atomic E-state index is -1.01. The Kier molecular flexibility index (Phi) is 5.50. The molecule has 0 aliphatic carbocycles. The van der Waals surface area contributed by atoms with E-state index in [4.69, 9.17) is 5.11 Å². The van der Waals surface area contributed by atoms with E-state index in [2.05, 4.69) is 13.8 Å². The molecule has 0 spiro atoms. The molecule has 0 aliphatic rings. The molecule has 20 heavy (non-hydrogen) atoms. The zero-order valence-electron chi connectivity index (χ0n) is 12.3. The fourth-order valence-corrected chi connectivity index (χ4v) is 1.78. The van der Waals surface area contributed by atoms with Gasteiger partial charge in [0, 0.05) is 24.7 Å². The van der Waals surface area contributed by atoms with E-state index in [0.29, 0.717) is 17.0 Å². The van der Waals surface area contributed by atoms with Crippen LogP contribution in [0.1, 0.15) is 36.7 Å². The molecule has 0 saturated heterocycles. The monoisotopic (exact) mass is 275 g/mol. The molecule has 1 rings (SSSR count). The van der Waals surface area contributed by atoms with E-state index < -0.39 is 5.97 Å². The van der Waals surface area contributed by atoms with E-state index >= 15 is 0 Å². The fraction of sp³-hybridized carbons (Fsp3) is 0.375. The Labute approximate surface area is 119 Å². The first-order valence-electron chi connectivity index (χ1n) is 6.61. The van der Waals surface area contributed by atoms with Crippen molar-refractivity contribution in [1.82, 2.24) is 4.90 Å². The van der Waals surface area contributed by atoms with Crippen molar-refractivity contribution in [2.45, 2.75) is 26.8 Å². The lowest BCUT2D eigenvalue weighted by Gasteiger charge is -2.28. The Morgan fingerprint density at radius 2 is 1.90 bits per heavy atom. The summed E-state index contributed by atoms with van der Waals surface area (Å²) in [7, 11) is 1.78. The van der Waals surface area contributed by atoms with Crippen LogP contribution in [0.3, 0.4) is 0 Å². The summed E-state index contributed by atoms with van der Waals surface area (Å²) in [4.78, 5) is 24.6. The van der Waals surface area contributed by atoms with Crippen LogP contribution in [0.4, 0.5) is 0 Å². The Morgan fingerprint density at radius 1 is 1.25 bits per heavy atom. The summed E-state index contributed by atoms with van der Waals surface area (Å²) in [5.41, 5.74) is 1.26. The molecule has 0 fully saturated rings. The molecule has 0 heterocycles. The number of amides is 1. The Bertz CT molecular complexity index is 520. The smallest absolute Gasteiger partial charge is 0.328 e. The average molecular weight is 275 g/mol. The predicted octanol–water partition coefficient (Wildman–Crippen LogP) is 2.90. The lowest BCUT2D eigenvalue weighted by atomic mass is 10.0. The number of carbonyl (C=O) groups is 2. The third-order valence-corrected chi connectivity index (χ3v) is 3.45. The summed E-state index contributed by atoms with van der Waals surface area (Å²) in [6.07, 6.45) is 2.54. The largest absolute Gasteiger partial charge is 0.478 e. The standard InChI is InChI=1S/C16H21NO3/c1-11(2)12(3)17(4)16(20)14-7-5-6-13(10-14)8-9-15(18)19/h5-12H,1-4H3,(H,18,19). The van der Waals surface area contributed by atoms with Gasteiger partial charge in [-0.2, -0.15) is 0 Å². The molecule has 1 atom stereocenters. The SMILES string of the molecule is CC(C)C(C)N(C)C(=O)c1cccc(C=CC(=O)O)c1. The number of rotatable bonds is 5. The molecular weight excluding hydrogens is 254 g/mol. The van der Waals surface area contributed by atoms with E-state index in [9.17, 15) is 9.59 Å². The molecule has 0 aromatic heterocycles. The molecule has 1 unspecified atom stereocenters. The van der Waals surface area contributed by atoms with Crippen molar-refractivity contribution in [1.29, 1.82) is 0 Å². The van der Waals surface area contributed by atoms with Crippen LogP contribution in [0.25, 0.3) is 6.08 Å². The Morgan fingerprint density at radius 3 is 2.45 bits per heavy atom. The number of hydrogen-bond acceptors (Lipinski definition) is 2. The normalized spacial score (nSPS) is 12.7. The first-order valence-corrected chi connectivity index (χ1v) is 6.61. The molecule has 0 bridgehead atoms. The number of carbonyl (C=O) groups excluding carboxylic acids is 1. The molecule has 1 amide bonds. The van der Waals surface area contributed by atoms with Crippen molar-refractivity contribution in [3.8, 4) is 0 Å². The van der Waals surface area contributed by atoms with E-state index in [1.807, 2.05) is 6.92 Å². The molecule has 1 aromatic carbocycles. The molecule has 108 valence electrons. The maximum atomic E-state index is 12.4. The highest BCUT2D eigenvalue weighted by atomic mass is 16.4. The Balaban J connectivity index is 2.94. The van der Waals surface area contributed by atoms with Crippen LogP contribution in [0.5, 0.6) is 0 Å². The van der Waals surface area contributed by atoms with Crippen molar-refractivity contribution >= 4 is 18.0 Å². The molecule has 0 radical (unpaired) electrons. The Hall–Kier alpha value is -2.10. The maximum absolute atomic E-state index is 12.4. The van der Waals surface area contributed by atoms with E-state index in [1.165, 1.54) is 6.08 Å². The van der Waals surface area contributed by atoms with Gasteiger partial charge in [0.15, 0.2) is 0 Å². The van der Waals surface area contributed by atoms with Gasteiger partial charge in [0.2, 0.25) is 0 Å². The van der Waals surface area contributed by atoms with Crippen LogP contribution in [-0.4, -0.2) is 35.0 Å². The highest BCUT2D eigenvalue weighted by molar-refractivity contribution is 5.95. The van der Waals surface area contributed by atoms with E-state index in [1.54, 1.807) is 36.2 Å². The fourth-order valence-electron chi connectivity index (χ4n) is 1.78. The van der Waals surface area contributed by atoms with E-state index in [0.717, 1.165) is 6.08 Å². The van der Waals surface area contributed by atoms with Crippen molar-refractivity contribution < 1.29 is 14.7 Å². The highest BCUT2D eigenvalue weighted by Crippen LogP contribution is 2.14. The predicted molar refractivity (Wildman–Crippen MR) is 79.5 cm³/mol. The number of carboxylic acids is 1. The minimum Gasteiger partial charge on any atom is -0.478 e. The number of aliphatic carboxylic acids is 1.